The highest BCUT2D eigenvalue weighted by atomic mass is 31.0. The molecule has 0 spiro atoms. The number of rotatable bonds is 2. The van der Waals surface area contributed by atoms with E-state index in [0.717, 1.165) is 5.56 Å². The van der Waals surface area contributed by atoms with Gasteiger partial charge in [-0.15, -0.1) is 0 Å². The third-order valence-corrected chi connectivity index (χ3v) is 1.93. The molecule has 0 saturated carbocycles. The molecule has 0 aromatic heterocycles. The summed E-state index contributed by atoms with van der Waals surface area (Å²) in [4.78, 5) is 11.1. The van der Waals surface area contributed by atoms with Crippen molar-refractivity contribution < 1.29 is 9.53 Å². The average molecular weight is 212 g/mol. The number of hydrogen-bond acceptors (Lipinski definition) is 2. The highest BCUT2D eigenvalue weighted by Crippen LogP contribution is 2.21. The summed E-state index contributed by atoms with van der Waals surface area (Å²) in [7, 11) is 3.70. The average Bonchev–Trinajstić information content (AvgIpc) is 2.20. The van der Waals surface area contributed by atoms with Crippen molar-refractivity contribution in [2.45, 2.75) is 20.8 Å². The van der Waals surface area contributed by atoms with Gasteiger partial charge in [0.15, 0.2) is 5.52 Å². The van der Waals surface area contributed by atoms with E-state index in [1.54, 1.807) is 13.2 Å². The SMILES string of the molecule is CC.COc1ccc(C)cc1C(=O)P. The molecule has 2 nitrogen and oxygen atoms in total. The molecule has 14 heavy (non-hydrogen) atoms. The van der Waals surface area contributed by atoms with Crippen LogP contribution in [0.15, 0.2) is 18.2 Å². The summed E-state index contributed by atoms with van der Waals surface area (Å²) in [5.41, 5.74) is 1.62. The van der Waals surface area contributed by atoms with E-state index in [1.807, 2.05) is 32.9 Å². The number of carbonyl (C=O) groups is 1. The molecule has 1 aromatic carbocycles. The summed E-state index contributed by atoms with van der Waals surface area (Å²) < 4.78 is 5.03. The predicted molar refractivity (Wildman–Crippen MR) is 63.1 cm³/mol. The number of hydrogen-bond donors (Lipinski definition) is 0. The molecule has 0 aliphatic rings. The molecule has 1 aromatic rings. The second kappa shape index (κ2) is 6.56. The molecule has 1 rings (SSSR count). The van der Waals surface area contributed by atoms with Crippen LogP contribution in [0.1, 0.15) is 29.8 Å². The molecule has 0 aliphatic carbocycles. The summed E-state index contributed by atoms with van der Waals surface area (Å²) in [5, 5.41) is 0. The number of aryl methyl sites for hydroxylation is 1. The lowest BCUT2D eigenvalue weighted by Gasteiger charge is -2.05. The summed E-state index contributed by atoms with van der Waals surface area (Å²) >= 11 is 0. The lowest BCUT2D eigenvalue weighted by Crippen LogP contribution is -1.95. The van der Waals surface area contributed by atoms with Gasteiger partial charge < -0.3 is 4.74 Å². The maximum Gasteiger partial charge on any atom is 0.181 e. The normalized spacial score (nSPS) is 8.64. The summed E-state index contributed by atoms with van der Waals surface area (Å²) in [6.07, 6.45) is 0. The number of ether oxygens (including phenoxy) is 1. The molecule has 0 bridgehead atoms. The zero-order valence-electron chi connectivity index (χ0n) is 9.13. The Morgan fingerprint density at radius 3 is 2.36 bits per heavy atom. The molecule has 0 aliphatic heterocycles. The van der Waals surface area contributed by atoms with Gasteiger partial charge in [0.05, 0.1) is 12.7 Å². The van der Waals surface area contributed by atoms with Gasteiger partial charge in [0.1, 0.15) is 5.75 Å². The number of methoxy groups -OCH3 is 1. The number of carbonyl (C=O) groups excluding carboxylic acids is 1. The van der Waals surface area contributed by atoms with E-state index in [4.69, 9.17) is 4.74 Å². The van der Waals surface area contributed by atoms with Gasteiger partial charge in [-0.05, 0) is 19.1 Å². The second-order valence-corrected chi connectivity index (χ2v) is 3.09. The highest BCUT2D eigenvalue weighted by molar-refractivity contribution is 7.41. The van der Waals surface area contributed by atoms with Gasteiger partial charge in [-0.2, -0.15) is 0 Å². The minimum atomic E-state index is -0.0458. The fourth-order valence-electron chi connectivity index (χ4n) is 1.01. The van der Waals surface area contributed by atoms with Crippen LogP contribution in [0.2, 0.25) is 0 Å². The molecule has 0 radical (unpaired) electrons. The minimum absolute atomic E-state index is 0.0458. The zero-order chi connectivity index (χ0) is 11.1. The van der Waals surface area contributed by atoms with E-state index < -0.39 is 0 Å². The van der Waals surface area contributed by atoms with Crippen LogP contribution in [0.4, 0.5) is 0 Å². The van der Waals surface area contributed by atoms with Gasteiger partial charge in [-0.25, -0.2) is 0 Å². The van der Waals surface area contributed by atoms with E-state index in [-0.39, 0.29) is 5.52 Å². The first kappa shape index (κ1) is 13.1. The fraction of sp³-hybridized carbons (Fsp3) is 0.364. The molecule has 1 unspecified atom stereocenters. The summed E-state index contributed by atoms with van der Waals surface area (Å²) in [6, 6.07) is 5.52. The summed E-state index contributed by atoms with van der Waals surface area (Å²) in [6.45, 7) is 5.94. The lowest BCUT2D eigenvalue weighted by molar-refractivity contribution is 0.108. The largest absolute Gasteiger partial charge is 0.496 e. The Hall–Kier alpha value is -0.880. The highest BCUT2D eigenvalue weighted by Gasteiger charge is 2.06. The van der Waals surface area contributed by atoms with Crippen molar-refractivity contribution in [2.24, 2.45) is 0 Å². The van der Waals surface area contributed by atoms with Crippen molar-refractivity contribution in [2.75, 3.05) is 7.11 Å². The van der Waals surface area contributed by atoms with Crippen molar-refractivity contribution in [1.29, 1.82) is 0 Å². The van der Waals surface area contributed by atoms with Gasteiger partial charge in [-0.3, -0.25) is 4.79 Å². The van der Waals surface area contributed by atoms with Crippen LogP contribution in [0.5, 0.6) is 5.75 Å². The first-order valence-corrected chi connectivity index (χ1v) is 5.17. The van der Waals surface area contributed by atoms with Crippen molar-refractivity contribution in [3.63, 3.8) is 0 Å². The van der Waals surface area contributed by atoms with E-state index in [1.165, 1.54) is 0 Å². The molecule has 0 fully saturated rings. The van der Waals surface area contributed by atoms with Crippen molar-refractivity contribution in [3.05, 3.63) is 29.3 Å². The van der Waals surface area contributed by atoms with Gasteiger partial charge >= 0.3 is 0 Å². The Balaban J connectivity index is 0.000000791. The van der Waals surface area contributed by atoms with Gasteiger partial charge in [0, 0.05) is 0 Å². The molecule has 3 heteroatoms. The van der Waals surface area contributed by atoms with Crippen molar-refractivity contribution in [1.82, 2.24) is 0 Å². The molecule has 0 N–H and O–H groups in total. The standard InChI is InChI=1S/C9H11O2P.C2H6/c1-6-3-4-8(11-2)7(5-6)9(10)12;1-2/h3-5H,12H2,1-2H3;1-2H3. The Labute approximate surface area is 87.9 Å². The zero-order valence-corrected chi connectivity index (χ0v) is 10.3. The molecule has 0 amide bonds. The molecule has 78 valence electrons. The summed E-state index contributed by atoms with van der Waals surface area (Å²) in [5.74, 6) is 0.626. The smallest absolute Gasteiger partial charge is 0.181 e. The van der Waals surface area contributed by atoms with Gasteiger partial charge in [-0.1, -0.05) is 34.7 Å². The fourth-order valence-corrected chi connectivity index (χ4v) is 1.24. The molecular formula is C11H17O2P. The van der Waals surface area contributed by atoms with Gasteiger partial charge in [0.2, 0.25) is 0 Å². The van der Waals surface area contributed by atoms with Crippen LogP contribution in [-0.4, -0.2) is 12.6 Å². The van der Waals surface area contributed by atoms with Crippen molar-refractivity contribution >= 4 is 14.8 Å². The van der Waals surface area contributed by atoms with E-state index in [9.17, 15) is 4.79 Å². The van der Waals surface area contributed by atoms with Crippen LogP contribution in [0, 0.1) is 6.92 Å². The molecule has 0 heterocycles. The topological polar surface area (TPSA) is 26.3 Å². The first-order valence-electron chi connectivity index (χ1n) is 4.59. The maximum absolute atomic E-state index is 11.1. The van der Waals surface area contributed by atoms with Crippen LogP contribution >= 0.6 is 9.24 Å². The van der Waals surface area contributed by atoms with Gasteiger partial charge in [0.25, 0.3) is 0 Å². The Morgan fingerprint density at radius 1 is 1.36 bits per heavy atom. The Bertz CT molecular complexity index is 308. The third-order valence-electron chi connectivity index (χ3n) is 1.62. The second-order valence-electron chi connectivity index (χ2n) is 2.57. The lowest BCUT2D eigenvalue weighted by atomic mass is 10.1. The molecule has 1 atom stereocenters. The third kappa shape index (κ3) is 3.47. The van der Waals surface area contributed by atoms with Crippen LogP contribution in [-0.2, 0) is 0 Å². The maximum atomic E-state index is 11.1. The molecule has 0 saturated heterocycles. The Kier molecular flexibility index (Phi) is 6.14. The quantitative estimate of drug-likeness (QED) is 0.704. The van der Waals surface area contributed by atoms with E-state index in [0.29, 0.717) is 11.3 Å². The number of benzene rings is 1. The molecular weight excluding hydrogens is 195 g/mol. The predicted octanol–water partition coefficient (Wildman–Crippen LogP) is 3.05. The van der Waals surface area contributed by atoms with Crippen molar-refractivity contribution in [3.8, 4) is 5.75 Å². The van der Waals surface area contributed by atoms with Crippen LogP contribution in [0.25, 0.3) is 0 Å². The van der Waals surface area contributed by atoms with E-state index in [2.05, 4.69) is 9.24 Å². The van der Waals surface area contributed by atoms with Crippen LogP contribution in [0.3, 0.4) is 0 Å². The first-order chi connectivity index (χ1) is 6.65. The monoisotopic (exact) mass is 212 g/mol. The minimum Gasteiger partial charge on any atom is -0.496 e. The van der Waals surface area contributed by atoms with Crippen LogP contribution < -0.4 is 4.74 Å². The Morgan fingerprint density at radius 2 is 1.93 bits per heavy atom. The van der Waals surface area contributed by atoms with E-state index >= 15 is 0 Å².